The van der Waals surface area contributed by atoms with Crippen LogP contribution in [0.4, 0.5) is 0 Å². The van der Waals surface area contributed by atoms with Crippen LogP contribution in [0.3, 0.4) is 0 Å². The maximum atomic E-state index is 5.70. The van der Waals surface area contributed by atoms with E-state index in [1.807, 2.05) is 0 Å². The van der Waals surface area contributed by atoms with Crippen molar-refractivity contribution in [1.29, 1.82) is 0 Å². The number of rotatable bonds is 3. The van der Waals surface area contributed by atoms with Gasteiger partial charge in [-0.25, -0.2) is 0 Å². The molecule has 9 heavy (non-hydrogen) atoms. The fourth-order valence-electron chi connectivity index (χ4n) is 0.452. The van der Waals surface area contributed by atoms with E-state index in [2.05, 4.69) is 13.8 Å². The van der Waals surface area contributed by atoms with Crippen molar-refractivity contribution >= 4 is 40.5 Å². The van der Waals surface area contributed by atoms with E-state index >= 15 is 0 Å². The molecule has 0 spiro atoms. The summed E-state index contributed by atoms with van der Waals surface area (Å²) >= 11 is 0. The van der Waals surface area contributed by atoms with Crippen LogP contribution in [-0.2, 0) is 0 Å². The van der Waals surface area contributed by atoms with Crippen molar-refractivity contribution in [2.75, 3.05) is 0 Å². The van der Waals surface area contributed by atoms with E-state index in [-0.39, 0.29) is 0 Å². The Morgan fingerprint density at radius 2 is 1.67 bits per heavy atom. The summed E-state index contributed by atoms with van der Waals surface area (Å²) in [5, 5.41) is 0.836. The van der Waals surface area contributed by atoms with E-state index in [0.29, 0.717) is 5.92 Å². The van der Waals surface area contributed by atoms with Crippen LogP contribution in [0.1, 0.15) is 20.3 Å². The first kappa shape index (κ1) is 10.4. The van der Waals surface area contributed by atoms with Crippen molar-refractivity contribution < 1.29 is 0 Å². The van der Waals surface area contributed by atoms with Gasteiger partial charge in [-0.2, -0.15) is 0 Å². The summed E-state index contributed by atoms with van der Waals surface area (Å²) in [4.78, 5) is 0. The summed E-state index contributed by atoms with van der Waals surface area (Å²) in [7, 11) is 14.3. The van der Waals surface area contributed by atoms with Crippen LogP contribution >= 0.6 is 30.0 Å². The van der Waals surface area contributed by atoms with Gasteiger partial charge in [-0.1, -0.05) is 0 Å². The van der Waals surface area contributed by atoms with E-state index in [4.69, 9.17) is 30.0 Å². The van der Waals surface area contributed by atoms with Crippen molar-refractivity contribution in [2.45, 2.75) is 25.5 Å². The second kappa shape index (κ2) is 4.32. The number of hydrogen-bond acceptors (Lipinski definition) is 0. The zero-order chi connectivity index (χ0) is 7.49. The molecule has 0 aliphatic heterocycles. The van der Waals surface area contributed by atoms with Gasteiger partial charge in [0.05, 0.1) is 0 Å². The zero-order valence-corrected chi connectivity index (χ0v) is 9.99. The third-order valence-corrected chi connectivity index (χ3v) is 5.75. The monoisotopic (exact) mass is 250 g/mol. The van der Waals surface area contributed by atoms with Gasteiger partial charge in [-0.15, -0.1) is 0 Å². The third kappa shape index (κ3) is 9.41. The molecule has 0 heterocycles. The van der Waals surface area contributed by atoms with Crippen LogP contribution in [0.25, 0.3) is 0 Å². The Bertz CT molecular complexity index is 76.8. The van der Waals surface area contributed by atoms with Gasteiger partial charge in [0.15, 0.2) is 0 Å². The fraction of sp³-hybridized carbons (Fsp3) is 1.00. The Morgan fingerprint density at radius 3 is 1.78 bits per heavy atom. The minimum absolute atomic E-state index is 0.659. The molecule has 0 atom stereocenters. The first-order valence-electron chi connectivity index (χ1n) is 2.98. The fourth-order valence-corrected chi connectivity index (χ4v) is 4.05. The van der Waals surface area contributed by atoms with Crippen molar-refractivity contribution in [3.8, 4) is 0 Å². The molecule has 0 aromatic heterocycles. The standard InChI is InChI=1S/C5H11Cl3Ge/c1-5(2)3-4-9(6,7)8/h5H,3-4H2,1-2H3. The molecule has 0 saturated carbocycles. The van der Waals surface area contributed by atoms with Crippen LogP contribution < -0.4 is 0 Å². The topological polar surface area (TPSA) is 0 Å². The summed E-state index contributed by atoms with van der Waals surface area (Å²) in [6.07, 6.45) is 1.05. The molecular weight excluding hydrogens is 239 g/mol. The third-order valence-electron chi connectivity index (χ3n) is 1.01. The molecular formula is C5H11Cl3Ge. The molecule has 0 saturated heterocycles. The van der Waals surface area contributed by atoms with Crippen molar-refractivity contribution in [1.82, 2.24) is 0 Å². The van der Waals surface area contributed by atoms with Crippen molar-refractivity contribution in [3.63, 3.8) is 0 Å². The van der Waals surface area contributed by atoms with E-state index in [1.165, 1.54) is 0 Å². The molecule has 0 aliphatic rings. The number of halogens is 3. The van der Waals surface area contributed by atoms with Gasteiger partial charge in [0.1, 0.15) is 0 Å². The molecule has 0 N–H and O–H groups in total. The molecule has 0 unspecified atom stereocenters. The predicted octanol–water partition coefficient (Wildman–Crippen LogP) is 3.69. The van der Waals surface area contributed by atoms with Gasteiger partial charge in [-0.05, 0) is 0 Å². The Kier molecular flexibility index (Phi) is 5.00. The maximum absolute atomic E-state index is 5.70. The Balaban J connectivity index is 3.28. The molecule has 0 bridgehead atoms. The van der Waals surface area contributed by atoms with Crippen LogP contribution in [0, 0.1) is 5.92 Å². The van der Waals surface area contributed by atoms with Gasteiger partial charge in [-0.3, -0.25) is 0 Å². The minimum atomic E-state index is -2.74. The molecule has 0 aliphatic carbocycles. The summed E-state index contributed by atoms with van der Waals surface area (Å²) in [5.74, 6) is 0.659. The Labute approximate surface area is 71.8 Å². The van der Waals surface area contributed by atoms with E-state index < -0.39 is 10.5 Å². The Morgan fingerprint density at radius 1 is 1.22 bits per heavy atom. The normalized spacial score (nSPS) is 12.7. The quantitative estimate of drug-likeness (QED) is 0.670. The van der Waals surface area contributed by atoms with Gasteiger partial charge in [0, 0.05) is 0 Å². The van der Waals surface area contributed by atoms with E-state index in [9.17, 15) is 0 Å². The average Bonchev–Trinajstić information content (AvgIpc) is 1.59. The van der Waals surface area contributed by atoms with Gasteiger partial charge < -0.3 is 0 Å². The van der Waals surface area contributed by atoms with Gasteiger partial charge in [0.2, 0.25) is 0 Å². The number of hydrogen-bond donors (Lipinski definition) is 0. The molecule has 0 rings (SSSR count). The molecule has 0 nitrogen and oxygen atoms in total. The molecule has 0 aromatic rings. The van der Waals surface area contributed by atoms with Crippen molar-refractivity contribution in [3.05, 3.63) is 0 Å². The Hall–Kier alpha value is 1.41. The first-order chi connectivity index (χ1) is 3.92. The summed E-state index contributed by atoms with van der Waals surface area (Å²) in [6, 6.07) is 0. The SMILES string of the molecule is CC(C)C[CH2][Ge]([Cl])([Cl])[Cl]. The zero-order valence-electron chi connectivity index (χ0n) is 5.63. The summed E-state index contributed by atoms with van der Waals surface area (Å²) < 4.78 is 0. The second-order valence-electron chi connectivity index (χ2n) is 2.55. The molecule has 4 heteroatoms. The molecule has 0 fully saturated rings. The van der Waals surface area contributed by atoms with E-state index in [0.717, 1.165) is 11.7 Å². The van der Waals surface area contributed by atoms with Crippen LogP contribution in [0.15, 0.2) is 0 Å². The van der Waals surface area contributed by atoms with E-state index in [1.54, 1.807) is 0 Å². The first-order valence-corrected chi connectivity index (χ1v) is 12.7. The molecule has 56 valence electrons. The van der Waals surface area contributed by atoms with Gasteiger partial charge in [0.25, 0.3) is 0 Å². The molecule has 0 radical (unpaired) electrons. The summed E-state index contributed by atoms with van der Waals surface area (Å²) in [5.41, 5.74) is 0. The predicted molar refractivity (Wildman–Crippen MR) is 47.6 cm³/mol. The van der Waals surface area contributed by atoms with Gasteiger partial charge >= 0.3 is 71.9 Å². The molecule has 0 amide bonds. The summed E-state index contributed by atoms with van der Waals surface area (Å²) in [6.45, 7) is 4.28. The molecule has 0 aromatic carbocycles. The van der Waals surface area contributed by atoms with Crippen molar-refractivity contribution in [2.24, 2.45) is 5.92 Å². The average molecular weight is 250 g/mol. The van der Waals surface area contributed by atoms with Crippen LogP contribution in [0.2, 0.25) is 5.25 Å². The van der Waals surface area contributed by atoms with Crippen LogP contribution in [-0.4, -0.2) is 10.5 Å². The van der Waals surface area contributed by atoms with Crippen LogP contribution in [0.5, 0.6) is 0 Å². The second-order valence-corrected chi connectivity index (χ2v) is 19.3.